The maximum atomic E-state index is 12.2. The Kier molecular flexibility index (Phi) is 5.73. The molecule has 0 saturated carbocycles. The van der Waals surface area contributed by atoms with E-state index in [0.717, 1.165) is 5.56 Å². The number of carbonyl (C=O) groups is 1. The third-order valence-electron chi connectivity index (χ3n) is 3.79. The maximum absolute atomic E-state index is 12.2. The molecular formula is C17H15Cl2N3O2S. The minimum absolute atomic E-state index is 0.123. The lowest BCUT2D eigenvalue weighted by molar-refractivity contribution is -0.121. The molecule has 130 valence electrons. The van der Waals surface area contributed by atoms with Crippen LogP contribution in [0.3, 0.4) is 0 Å². The number of halogens is 2. The van der Waals surface area contributed by atoms with E-state index in [1.54, 1.807) is 24.3 Å². The number of fused-ring (bicyclic) bond motifs is 1. The third kappa shape index (κ3) is 4.21. The zero-order chi connectivity index (χ0) is 17.8. The van der Waals surface area contributed by atoms with E-state index in [1.165, 1.54) is 22.2 Å². The zero-order valence-corrected chi connectivity index (χ0v) is 15.5. The molecule has 8 heteroatoms. The first-order chi connectivity index (χ1) is 12.1. The molecule has 3 rings (SSSR count). The molecule has 1 N–H and O–H groups in total. The van der Waals surface area contributed by atoms with Crippen molar-refractivity contribution in [1.29, 1.82) is 0 Å². The molecule has 0 radical (unpaired) electrons. The van der Waals surface area contributed by atoms with Gasteiger partial charge in [0.1, 0.15) is 4.83 Å². The van der Waals surface area contributed by atoms with Gasteiger partial charge in [0.25, 0.3) is 5.56 Å². The number of aromatic nitrogens is 2. The van der Waals surface area contributed by atoms with E-state index in [1.807, 2.05) is 5.38 Å². The summed E-state index contributed by atoms with van der Waals surface area (Å²) in [5.74, 6) is -0.138. The van der Waals surface area contributed by atoms with Gasteiger partial charge in [0.05, 0.1) is 11.7 Å². The first kappa shape index (κ1) is 17.9. The Morgan fingerprint density at radius 1 is 1.24 bits per heavy atom. The molecule has 0 aliphatic carbocycles. The van der Waals surface area contributed by atoms with E-state index in [-0.39, 0.29) is 24.4 Å². The summed E-state index contributed by atoms with van der Waals surface area (Å²) in [6.45, 7) is 0.718. The van der Waals surface area contributed by atoms with Crippen molar-refractivity contribution in [3.8, 4) is 0 Å². The second-order valence-electron chi connectivity index (χ2n) is 5.43. The van der Waals surface area contributed by atoms with Crippen molar-refractivity contribution in [2.45, 2.75) is 19.4 Å². The van der Waals surface area contributed by atoms with Crippen molar-refractivity contribution in [2.24, 2.45) is 0 Å². The van der Waals surface area contributed by atoms with Crippen molar-refractivity contribution in [3.63, 3.8) is 0 Å². The zero-order valence-electron chi connectivity index (χ0n) is 13.2. The van der Waals surface area contributed by atoms with Crippen LogP contribution in [0, 0.1) is 0 Å². The van der Waals surface area contributed by atoms with Crippen LogP contribution in [0.5, 0.6) is 0 Å². The lowest BCUT2D eigenvalue weighted by Crippen LogP contribution is -2.29. The molecule has 0 bridgehead atoms. The summed E-state index contributed by atoms with van der Waals surface area (Å²) in [4.78, 5) is 29.2. The molecule has 1 amide bonds. The molecule has 0 fully saturated rings. The van der Waals surface area contributed by atoms with Crippen LogP contribution in [-0.2, 0) is 17.8 Å². The monoisotopic (exact) mass is 395 g/mol. The Morgan fingerprint density at radius 2 is 2.00 bits per heavy atom. The molecule has 3 aromatic rings. The number of rotatable bonds is 6. The number of aryl methyl sites for hydroxylation is 1. The third-order valence-corrected chi connectivity index (χ3v) is 5.32. The van der Waals surface area contributed by atoms with E-state index in [9.17, 15) is 9.59 Å². The molecule has 5 nitrogen and oxygen atoms in total. The molecule has 0 atom stereocenters. The first-order valence-electron chi connectivity index (χ1n) is 7.68. The van der Waals surface area contributed by atoms with Gasteiger partial charge in [-0.1, -0.05) is 29.3 Å². The van der Waals surface area contributed by atoms with E-state index < -0.39 is 0 Å². The number of hydrogen-bond acceptors (Lipinski definition) is 4. The Hall–Kier alpha value is -1.89. The summed E-state index contributed by atoms with van der Waals surface area (Å²) < 4.78 is 1.46. The van der Waals surface area contributed by atoms with Gasteiger partial charge in [-0.3, -0.25) is 14.2 Å². The molecule has 0 aliphatic heterocycles. The van der Waals surface area contributed by atoms with Crippen LogP contribution >= 0.6 is 34.5 Å². The van der Waals surface area contributed by atoms with Crippen molar-refractivity contribution in [1.82, 2.24) is 14.9 Å². The number of amides is 1. The van der Waals surface area contributed by atoms with E-state index >= 15 is 0 Å². The second kappa shape index (κ2) is 7.99. The standard InChI is InChI=1S/C17H15Cl2N3O2S/c18-13-2-1-3-14(19)11(13)4-7-20-15(23)5-8-22-10-21-16-12(17(22)24)6-9-25-16/h1-3,6,9-10H,4-5,7-8H2,(H,20,23). The molecule has 25 heavy (non-hydrogen) atoms. The number of hydrogen-bond donors (Lipinski definition) is 1. The smallest absolute Gasteiger partial charge is 0.262 e. The van der Waals surface area contributed by atoms with Gasteiger partial charge in [-0.05, 0) is 35.6 Å². The molecular weight excluding hydrogens is 381 g/mol. The number of thiophene rings is 1. The molecule has 0 aliphatic rings. The summed E-state index contributed by atoms with van der Waals surface area (Å²) in [7, 11) is 0. The van der Waals surface area contributed by atoms with E-state index in [0.29, 0.717) is 33.2 Å². The van der Waals surface area contributed by atoms with Crippen molar-refractivity contribution >= 4 is 50.7 Å². The van der Waals surface area contributed by atoms with Crippen LogP contribution in [0.15, 0.2) is 40.8 Å². The van der Waals surface area contributed by atoms with Gasteiger partial charge in [-0.15, -0.1) is 11.3 Å². The highest BCUT2D eigenvalue weighted by Crippen LogP contribution is 2.24. The first-order valence-corrected chi connectivity index (χ1v) is 9.32. The van der Waals surface area contributed by atoms with Gasteiger partial charge in [0.15, 0.2) is 0 Å². The number of nitrogens with zero attached hydrogens (tertiary/aromatic N) is 2. The van der Waals surface area contributed by atoms with E-state index in [2.05, 4.69) is 10.3 Å². The molecule has 1 aromatic carbocycles. The van der Waals surface area contributed by atoms with Gasteiger partial charge < -0.3 is 5.32 Å². The Morgan fingerprint density at radius 3 is 2.76 bits per heavy atom. The molecule has 2 aromatic heterocycles. The van der Waals surface area contributed by atoms with Crippen molar-refractivity contribution in [3.05, 3.63) is 61.9 Å². The normalized spacial score (nSPS) is 11.0. The highest BCUT2D eigenvalue weighted by Gasteiger charge is 2.09. The van der Waals surface area contributed by atoms with Crippen molar-refractivity contribution in [2.75, 3.05) is 6.54 Å². The van der Waals surface area contributed by atoms with Gasteiger partial charge in [-0.2, -0.15) is 0 Å². The summed E-state index contributed by atoms with van der Waals surface area (Å²) in [5, 5.41) is 6.40. The van der Waals surface area contributed by atoms with Crippen LogP contribution in [0.1, 0.15) is 12.0 Å². The number of carbonyl (C=O) groups excluding carboxylic acids is 1. The van der Waals surface area contributed by atoms with Gasteiger partial charge in [-0.25, -0.2) is 4.98 Å². The summed E-state index contributed by atoms with van der Waals surface area (Å²) >= 11 is 13.6. The summed E-state index contributed by atoms with van der Waals surface area (Å²) in [6, 6.07) is 7.07. The van der Waals surface area contributed by atoms with Crippen LogP contribution in [0.25, 0.3) is 10.2 Å². The maximum Gasteiger partial charge on any atom is 0.262 e. The average molecular weight is 396 g/mol. The van der Waals surface area contributed by atoms with Crippen LogP contribution in [0.2, 0.25) is 10.0 Å². The molecule has 0 saturated heterocycles. The summed E-state index contributed by atoms with van der Waals surface area (Å²) in [6.07, 6.45) is 2.23. The lowest BCUT2D eigenvalue weighted by Gasteiger charge is -2.09. The largest absolute Gasteiger partial charge is 0.356 e. The Labute approximate surface area is 158 Å². The fraction of sp³-hybridized carbons (Fsp3) is 0.235. The van der Waals surface area contributed by atoms with Gasteiger partial charge in [0.2, 0.25) is 5.91 Å². The Balaban J connectivity index is 1.52. The summed E-state index contributed by atoms with van der Waals surface area (Å²) in [5.41, 5.74) is 0.691. The topological polar surface area (TPSA) is 64.0 Å². The van der Waals surface area contributed by atoms with Crippen LogP contribution in [-0.4, -0.2) is 22.0 Å². The Bertz CT molecular complexity index is 948. The van der Waals surface area contributed by atoms with Gasteiger partial charge >= 0.3 is 0 Å². The average Bonchev–Trinajstić information content (AvgIpc) is 3.06. The van der Waals surface area contributed by atoms with Crippen molar-refractivity contribution < 1.29 is 4.79 Å². The molecule has 2 heterocycles. The SMILES string of the molecule is O=C(CCn1cnc2sccc2c1=O)NCCc1c(Cl)cccc1Cl. The lowest BCUT2D eigenvalue weighted by atomic mass is 10.1. The molecule has 0 spiro atoms. The predicted octanol–water partition coefficient (Wildman–Crippen LogP) is 3.51. The number of benzene rings is 1. The highest BCUT2D eigenvalue weighted by molar-refractivity contribution is 7.16. The fourth-order valence-electron chi connectivity index (χ4n) is 2.46. The predicted molar refractivity (Wildman–Crippen MR) is 102 cm³/mol. The quantitative estimate of drug-likeness (QED) is 0.694. The number of nitrogens with one attached hydrogen (secondary N) is 1. The van der Waals surface area contributed by atoms with Crippen LogP contribution < -0.4 is 10.9 Å². The van der Waals surface area contributed by atoms with Gasteiger partial charge in [0, 0.05) is 29.6 Å². The second-order valence-corrected chi connectivity index (χ2v) is 7.14. The van der Waals surface area contributed by atoms with Crippen LogP contribution in [0.4, 0.5) is 0 Å². The van der Waals surface area contributed by atoms with E-state index in [4.69, 9.17) is 23.2 Å². The minimum atomic E-state index is -0.138. The highest BCUT2D eigenvalue weighted by atomic mass is 35.5. The fourth-order valence-corrected chi connectivity index (χ4v) is 3.77. The molecule has 0 unspecified atom stereocenters. The minimum Gasteiger partial charge on any atom is -0.356 e.